The second-order valence-electron chi connectivity index (χ2n) is 8.53. The summed E-state index contributed by atoms with van der Waals surface area (Å²) in [5.41, 5.74) is 13.1. The van der Waals surface area contributed by atoms with Gasteiger partial charge in [0.05, 0.1) is 31.5 Å². The van der Waals surface area contributed by atoms with Gasteiger partial charge in [-0.1, -0.05) is 30.3 Å². The van der Waals surface area contributed by atoms with E-state index in [1.807, 2.05) is 18.2 Å². The summed E-state index contributed by atoms with van der Waals surface area (Å²) < 4.78 is 14.6. The van der Waals surface area contributed by atoms with E-state index in [0.717, 1.165) is 22.4 Å². The highest BCUT2D eigenvalue weighted by Gasteiger charge is 2.35. The first kappa shape index (κ1) is 27.5. The van der Waals surface area contributed by atoms with E-state index in [9.17, 15) is 14.4 Å². The van der Waals surface area contributed by atoms with Crippen LogP contribution in [0.5, 0.6) is 5.75 Å². The molecular weight excluding hydrogens is 520 g/mol. The molecule has 0 saturated carbocycles. The number of methoxy groups -OCH3 is 2. The summed E-state index contributed by atoms with van der Waals surface area (Å²) >= 11 is 0.750. The molecule has 0 aliphatic heterocycles. The first-order valence-corrected chi connectivity index (χ1v) is 12.7. The number of carbonyl (C=O) groups excluding carboxylic acids is 3. The number of ether oxygens (including phenoxy) is 2. The number of nitrogens with one attached hydrogen (secondary N) is 1. The number of aromatic nitrogens is 2. The van der Waals surface area contributed by atoms with Crippen LogP contribution >= 0.6 is 11.5 Å². The number of amides is 3. The van der Waals surface area contributed by atoms with Gasteiger partial charge >= 0.3 is 0 Å². The number of anilines is 1. The summed E-state index contributed by atoms with van der Waals surface area (Å²) in [7, 11) is 3.05. The maximum atomic E-state index is 14.1. The summed E-state index contributed by atoms with van der Waals surface area (Å²) in [5.74, 6) is -1.35. The average molecular weight is 549 g/mol. The Balaban J connectivity index is 1.87. The molecule has 1 atom stereocenters. The Labute approximate surface area is 228 Å². The number of fused-ring (bicyclic) bond motifs is 1. The minimum atomic E-state index is -1.09. The number of nitrogens with zero attached hydrogens (tertiary/aromatic N) is 3. The summed E-state index contributed by atoms with van der Waals surface area (Å²) in [4.78, 5) is 45.4. The summed E-state index contributed by atoms with van der Waals surface area (Å²) in [5, 5.41) is 3.64. The molecule has 11 nitrogen and oxygen atoms in total. The predicted molar refractivity (Wildman–Crippen MR) is 147 cm³/mol. The molecule has 0 saturated heterocycles. The maximum Gasteiger partial charge on any atom is 0.270 e. The van der Waals surface area contributed by atoms with Crippen molar-refractivity contribution in [1.29, 1.82) is 0 Å². The standard InChI is InChI=1S/C27H28N6O5S/c1-37-13-12-31-26(35)23(17-9-10-19-16(14-17)7-5-11-30-19)33(15-18-6-3-4-8-20(18)38-2)27(36)24-21(28)22(25(29)34)32-39-24/h3-11,14,23H,12-13,15,28H2,1-2H3,(H2,29,34)(H,31,35)/t23-/m0/s1. The lowest BCUT2D eigenvalue weighted by atomic mass is 10.00. The Morgan fingerprint density at radius 3 is 2.62 bits per heavy atom. The van der Waals surface area contributed by atoms with Crippen molar-refractivity contribution in [1.82, 2.24) is 19.6 Å². The molecule has 0 spiro atoms. The highest BCUT2D eigenvalue weighted by molar-refractivity contribution is 7.09. The smallest absolute Gasteiger partial charge is 0.270 e. The second kappa shape index (κ2) is 12.3. The fourth-order valence-corrected chi connectivity index (χ4v) is 4.93. The van der Waals surface area contributed by atoms with Gasteiger partial charge in [-0.3, -0.25) is 19.4 Å². The molecule has 2 aromatic carbocycles. The van der Waals surface area contributed by atoms with Gasteiger partial charge in [-0.15, -0.1) is 0 Å². The first-order valence-electron chi connectivity index (χ1n) is 11.9. The Morgan fingerprint density at radius 2 is 1.90 bits per heavy atom. The number of hydrogen-bond donors (Lipinski definition) is 3. The molecule has 0 fully saturated rings. The van der Waals surface area contributed by atoms with Crippen molar-refractivity contribution in [2.75, 3.05) is 33.1 Å². The lowest BCUT2D eigenvalue weighted by molar-refractivity contribution is -0.126. The number of nitrogen functional groups attached to an aromatic ring is 1. The molecule has 0 bridgehead atoms. The number of nitrogens with two attached hydrogens (primary N) is 2. The molecule has 12 heteroatoms. The van der Waals surface area contributed by atoms with Crippen molar-refractivity contribution in [2.24, 2.45) is 5.73 Å². The molecule has 3 amide bonds. The fraction of sp³-hybridized carbons (Fsp3) is 0.222. The molecule has 0 unspecified atom stereocenters. The van der Waals surface area contributed by atoms with Gasteiger partial charge in [0, 0.05) is 30.8 Å². The van der Waals surface area contributed by atoms with Crippen LogP contribution < -0.4 is 21.5 Å². The van der Waals surface area contributed by atoms with Crippen LogP contribution in [0.3, 0.4) is 0 Å². The summed E-state index contributed by atoms with van der Waals surface area (Å²) in [6, 6.07) is 15.1. The number of hydrogen-bond acceptors (Lipinski definition) is 9. The van der Waals surface area contributed by atoms with Crippen molar-refractivity contribution in [2.45, 2.75) is 12.6 Å². The quantitative estimate of drug-likeness (QED) is 0.241. The predicted octanol–water partition coefficient (Wildman–Crippen LogP) is 2.53. The van der Waals surface area contributed by atoms with Gasteiger partial charge in [0.25, 0.3) is 11.8 Å². The molecule has 4 aromatic rings. The first-order chi connectivity index (χ1) is 18.8. The van der Waals surface area contributed by atoms with E-state index in [4.69, 9.17) is 20.9 Å². The highest BCUT2D eigenvalue weighted by atomic mass is 32.1. The van der Waals surface area contributed by atoms with E-state index < -0.39 is 23.8 Å². The van der Waals surface area contributed by atoms with Crippen molar-refractivity contribution < 1.29 is 23.9 Å². The van der Waals surface area contributed by atoms with Crippen molar-refractivity contribution >= 4 is 45.8 Å². The van der Waals surface area contributed by atoms with E-state index in [0.29, 0.717) is 16.9 Å². The van der Waals surface area contributed by atoms with Crippen LogP contribution in [-0.4, -0.2) is 59.4 Å². The Bertz CT molecular complexity index is 1510. The van der Waals surface area contributed by atoms with Gasteiger partial charge in [-0.05, 0) is 41.4 Å². The van der Waals surface area contributed by atoms with Gasteiger partial charge in [-0.25, -0.2) is 0 Å². The molecular formula is C27H28N6O5S. The van der Waals surface area contributed by atoms with Gasteiger partial charge in [-0.2, -0.15) is 4.37 Å². The molecule has 0 aliphatic carbocycles. The normalized spacial score (nSPS) is 11.6. The minimum absolute atomic E-state index is 0.00385. The molecule has 0 radical (unpaired) electrons. The Hall–Kier alpha value is -4.55. The van der Waals surface area contributed by atoms with Crippen LogP contribution in [0.2, 0.25) is 0 Å². The van der Waals surface area contributed by atoms with Crippen LogP contribution in [0.4, 0.5) is 5.69 Å². The van der Waals surface area contributed by atoms with Crippen LogP contribution in [0.15, 0.2) is 60.8 Å². The SMILES string of the molecule is COCCNC(=O)[C@H](c1ccc2ncccc2c1)N(Cc1ccccc1OC)C(=O)c1snc(C(N)=O)c1N. The van der Waals surface area contributed by atoms with E-state index in [1.54, 1.807) is 42.6 Å². The molecule has 4 rings (SSSR count). The zero-order valence-electron chi connectivity index (χ0n) is 21.4. The van der Waals surface area contributed by atoms with Gasteiger partial charge in [0.2, 0.25) is 5.91 Å². The number of pyridine rings is 1. The zero-order valence-corrected chi connectivity index (χ0v) is 22.2. The number of para-hydroxylation sites is 1. The van der Waals surface area contributed by atoms with Crippen LogP contribution in [0, 0.1) is 0 Å². The minimum Gasteiger partial charge on any atom is -0.496 e. The fourth-order valence-electron chi connectivity index (χ4n) is 4.17. The lowest BCUT2D eigenvalue weighted by Gasteiger charge is -2.32. The average Bonchev–Trinajstić information content (AvgIpc) is 3.34. The van der Waals surface area contributed by atoms with Gasteiger partial charge in [0.1, 0.15) is 16.7 Å². The largest absolute Gasteiger partial charge is 0.496 e. The van der Waals surface area contributed by atoms with E-state index in [1.165, 1.54) is 19.1 Å². The van der Waals surface area contributed by atoms with Crippen LogP contribution in [0.1, 0.15) is 37.3 Å². The van der Waals surface area contributed by atoms with E-state index in [2.05, 4.69) is 14.7 Å². The van der Waals surface area contributed by atoms with Gasteiger partial charge in [0.15, 0.2) is 5.69 Å². The summed E-state index contributed by atoms with van der Waals surface area (Å²) in [6.45, 7) is 0.496. The van der Waals surface area contributed by atoms with Crippen LogP contribution in [-0.2, 0) is 16.1 Å². The van der Waals surface area contributed by atoms with Gasteiger partial charge < -0.3 is 31.2 Å². The van der Waals surface area contributed by atoms with Crippen molar-refractivity contribution in [3.8, 4) is 5.75 Å². The monoisotopic (exact) mass is 548 g/mol. The Kier molecular flexibility index (Phi) is 8.69. The van der Waals surface area contributed by atoms with Crippen molar-refractivity contribution in [3.05, 3.63) is 82.5 Å². The highest BCUT2D eigenvalue weighted by Crippen LogP contribution is 2.33. The Morgan fingerprint density at radius 1 is 1.10 bits per heavy atom. The lowest BCUT2D eigenvalue weighted by Crippen LogP contribution is -2.44. The number of benzene rings is 2. The third kappa shape index (κ3) is 5.97. The molecule has 5 N–H and O–H groups in total. The third-order valence-electron chi connectivity index (χ3n) is 6.06. The number of carbonyl (C=O) groups is 3. The second-order valence-corrected chi connectivity index (χ2v) is 9.30. The number of rotatable bonds is 11. The third-order valence-corrected chi connectivity index (χ3v) is 6.91. The zero-order chi connectivity index (χ0) is 27.9. The van der Waals surface area contributed by atoms with Crippen molar-refractivity contribution in [3.63, 3.8) is 0 Å². The molecule has 0 aliphatic rings. The molecule has 202 valence electrons. The topological polar surface area (TPSA) is 163 Å². The molecule has 2 aromatic heterocycles. The maximum absolute atomic E-state index is 14.1. The van der Waals surface area contributed by atoms with Crippen LogP contribution in [0.25, 0.3) is 10.9 Å². The van der Waals surface area contributed by atoms with E-state index >= 15 is 0 Å². The van der Waals surface area contributed by atoms with E-state index in [-0.39, 0.29) is 36.0 Å². The molecule has 39 heavy (non-hydrogen) atoms. The summed E-state index contributed by atoms with van der Waals surface area (Å²) in [6.07, 6.45) is 1.68. The molecule has 2 heterocycles. The number of primary amides is 1.